The molecule has 0 aromatic rings. The molecule has 2 unspecified atom stereocenters. The predicted octanol–water partition coefficient (Wildman–Crippen LogP) is 20.6. The lowest BCUT2D eigenvalue weighted by molar-refractivity contribution is -0.143. The number of rotatable bonds is 61. The lowest BCUT2D eigenvalue weighted by Gasteiger charge is -2.22. The molecule has 0 heterocycles. The Balaban J connectivity index is 3.41. The maximum atomic E-state index is 12.5. The maximum Gasteiger partial charge on any atom is 0.305 e. The van der Waals surface area contributed by atoms with E-state index in [2.05, 4.69) is 43.5 Å². The van der Waals surface area contributed by atoms with Crippen LogP contribution in [0.1, 0.15) is 361 Å². The van der Waals surface area contributed by atoms with Crippen LogP contribution < -0.4 is 5.32 Å². The van der Waals surface area contributed by atoms with E-state index in [-0.39, 0.29) is 18.5 Å². The molecule has 0 aromatic heterocycles. The summed E-state index contributed by atoms with van der Waals surface area (Å²) in [6.45, 7) is 4.96. The van der Waals surface area contributed by atoms with E-state index in [9.17, 15) is 19.8 Å². The molecule has 0 saturated heterocycles. The van der Waals surface area contributed by atoms with E-state index in [1.54, 1.807) is 0 Å². The van der Waals surface area contributed by atoms with Crippen molar-refractivity contribution in [1.82, 2.24) is 5.32 Å². The lowest BCUT2D eigenvalue weighted by atomic mass is 10.0. The first-order valence-electron chi connectivity index (χ1n) is 32.6. The molecule has 2 atom stereocenters. The first-order chi connectivity index (χ1) is 35.5. The van der Waals surface area contributed by atoms with Crippen molar-refractivity contribution < 1.29 is 24.5 Å². The summed E-state index contributed by atoms with van der Waals surface area (Å²) in [6.07, 6.45) is 76.3. The molecule has 0 aliphatic carbocycles. The second-order valence-electron chi connectivity index (χ2n) is 22.4. The van der Waals surface area contributed by atoms with Gasteiger partial charge in [0.25, 0.3) is 0 Å². The Labute approximate surface area is 450 Å². The number of aliphatic hydroxyl groups is 2. The summed E-state index contributed by atoms with van der Waals surface area (Å²) >= 11 is 0. The number of esters is 1. The largest absolute Gasteiger partial charge is 0.466 e. The number of amides is 1. The molecule has 0 rings (SSSR count). The molecule has 0 fully saturated rings. The first-order valence-corrected chi connectivity index (χ1v) is 32.6. The summed E-state index contributed by atoms with van der Waals surface area (Å²) in [4.78, 5) is 24.5. The molecule has 0 saturated carbocycles. The highest BCUT2D eigenvalue weighted by molar-refractivity contribution is 5.76. The molecular weight excluding hydrogens is 887 g/mol. The predicted molar refractivity (Wildman–Crippen MR) is 315 cm³/mol. The van der Waals surface area contributed by atoms with Gasteiger partial charge in [0, 0.05) is 12.8 Å². The molecule has 0 bridgehead atoms. The molecular formula is C66H127NO5. The van der Waals surface area contributed by atoms with E-state index in [1.807, 2.05) is 0 Å². The average molecular weight is 1010 g/mol. The number of ether oxygens (including phenoxy) is 1. The monoisotopic (exact) mass is 1010 g/mol. The Kier molecular flexibility index (Phi) is 60.5. The third-order valence-corrected chi connectivity index (χ3v) is 15.2. The summed E-state index contributed by atoms with van der Waals surface area (Å²) < 4.78 is 5.47. The van der Waals surface area contributed by atoms with Crippen LogP contribution in [-0.4, -0.2) is 47.4 Å². The fourth-order valence-corrected chi connectivity index (χ4v) is 10.2. The molecule has 0 aliphatic heterocycles. The van der Waals surface area contributed by atoms with Crippen molar-refractivity contribution in [2.24, 2.45) is 0 Å². The minimum atomic E-state index is -0.667. The molecule has 3 N–H and O–H groups in total. The van der Waals surface area contributed by atoms with Gasteiger partial charge >= 0.3 is 5.97 Å². The first kappa shape index (κ1) is 70.3. The Bertz CT molecular complexity index is 1120. The van der Waals surface area contributed by atoms with Crippen molar-refractivity contribution in [3.8, 4) is 0 Å². The zero-order valence-corrected chi connectivity index (χ0v) is 48.7. The van der Waals surface area contributed by atoms with E-state index in [4.69, 9.17) is 4.74 Å². The molecule has 426 valence electrons. The molecule has 0 aromatic carbocycles. The van der Waals surface area contributed by atoms with Gasteiger partial charge in [0.15, 0.2) is 0 Å². The SMILES string of the molecule is CCCCCC/C=C\CCCCCCCC(=O)OCCCCCCCCCCCCCC/C=C\CCCCCCCCCCC(=O)NC(CO)C(O)CCCCCCCCCCCCCCCCCCCC. The van der Waals surface area contributed by atoms with Crippen LogP contribution in [0.5, 0.6) is 0 Å². The molecule has 0 spiro atoms. The molecule has 0 aliphatic rings. The summed E-state index contributed by atoms with van der Waals surface area (Å²) in [7, 11) is 0. The van der Waals surface area contributed by atoms with Crippen LogP contribution in [-0.2, 0) is 14.3 Å². The summed E-state index contributed by atoms with van der Waals surface area (Å²) in [5.41, 5.74) is 0. The molecule has 72 heavy (non-hydrogen) atoms. The van der Waals surface area contributed by atoms with Crippen molar-refractivity contribution >= 4 is 11.9 Å². The Hall–Kier alpha value is -1.66. The van der Waals surface area contributed by atoms with Crippen molar-refractivity contribution in [2.45, 2.75) is 373 Å². The van der Waals surface area contributed by atoms with E-state index in [0.717, 1.165) is 44.9 Å². The lowest BCUT2D eigenvalue weighted by Crippen LogP contribution is -2.45. The standard InChI is InChI=1S/C66H127NO5/c1-3-5-7-9-11-13-15-17-18-19-28-31-35-38-42-46-50-54-58-64(69)63(62-68)67-65(70)59-55-51-47-43-39-36-32-29-26-24-22-20-21-23-25-27-30-33-37-41-45-49-53-57-61-72-66(71)60-56-52-48-44-40-34-16-14-12-10-8-6-4-2/h14,16,22,24,63-64,68-69H,3-13,15,17-21,23,25-62H2,1-2H3,(H,67,70)/b16-14-,24-22-. The van der Waals surface area contributed by atoms with Gasteiger partial charge in [0.05, 0.1) is 25.4 Å². The third kappa shape index (κ3) is 57.6. The number of carbonyl (C=O) groups excluding carboxylic acids is 2. The van der Waals surface area contributed by atoms with Gasteiger partial charge in [-0.1, -0.05) is 295 Å². The molecule has 1 amide bonds. The zero-order chi connectivity index (χ0) is 52.2. The third-order valence-electron chi connectivity index (χ3n) is 15.2. The van der Waals surface area contributed by atoms with Gasteiger partial charge in [-0.3, -0.25) is 9.59 Å². The molecule has 6 nitrogen and oxygen atoms in total. The van der Waals surface area contributed by atoms with Crippen molar-refractivity contribution in [2.75, 3.05) is 13.2 Å². The summed E-state index contributed by atoms with van der Waals surface area (Å²) in [6, 6.07) is -0.545. The summed E-state index contributed by atoms with van der Waals surface area (Å²) in [5, 5.41) is 23.4. The highest BCUT2D eigenvalue weighted by Crippen LogP contribution is 2.18. The number of carbonyl (C=O) groups is 2. The molecule has 0 radical (unpaired) electrons. The van der Waals surface area contributed by atoms with Crippen LogP contribution in [0.4, 0.5) is 0 Å². The van der Waals surface area contributed by atoms with Gasteiger partial charge in [-0.05, 0) is 77.0 Å². The van der Waals surface area contributed by atoms with Gasteiger partial charge in [-0.15, -0.1) is 0 Å². The quantitative estimate of drug-likeness (QED) is 0.0320. The number of aliphatic hydroxyl groups excluding tert-OH is 2. The van der Waals surface area contributed by atoms with E-state index >= 15 is 0 Å². The number of hydrogen-bond donors (Lipinski definition) is 3. The normalized spacial score (nSPS) is 12.7. The fraction of sp³-hybridized carbons (Fsp3) is 0.909. The molecule has 6 heteroatoms. The van der Waals surface area contributed by atoms with Crippen LogP contribution in [0.15, 0.2) is 24.3 Å². The minimum absolute atomic E-state index is 0.00376. The van der Waals surface area contributed by atoms with Crippen molar-refractivity contribution in [3.05, 3.63) is 24.3 Å². The number of unbranched alkanes of at least 4 members (excludes halogenated alkanes) is 46. The van der Waals surface area contributed by atoms with Crippen LogP contribution in [0.3, 0.4) is 0 Å². The Morgan fingerprint density at radius 1 is 0.375 bits per heavy atom. The number of hydrogen-bond acceptors (Lipinski definition) is 5. The fourth-order valence-electron chi connectivity index (χ4n) is 10.2. The Morgan fingerprint density at radius 3 is 1.00 bits per heavy atom. The smallest absolute Gasteiger partial charge is 0.305 e. The van der Waals surface area contributed by atoms with Gasteiger partial charge < -0.3 is 20.3 Å². The van der Waals surface area contributed by atoms with E-state index in [0.29, 0.717) is 25.9 Å². The van der Waals surface area contributed by atoms with Crippen molar-refractivity contribution in [3.63, 3.8) is 0 Å². The van der Waals surface area contributed by atoms with Crippen LogP contribution in [0, 0.1) is 0 Å². The van der Waals surface area contributed by atoms with E-state index < -0.39 is 12.1 Å². The van der Waals surface area contributed by atoms with Crippen LogP contribution in [0.2, 0.25) is 0 Å². The second kappa shape index (κ2) is 61.9. The highest BCUT2D eigenvalue weighted by atomic mass is 16.5. The van der Waals surface area contributed by atoms with E-state index in [1.165, 1.54) is 283 Å². The number of nitrogens with one attached hydrogen (secondary N) is 1. The van der Waals surface area contributed by atoms with Crippen LogP contribution >= 0.6 is 0 Å². The van der Waals surface area contributed by atoms with Gasteiger partial charge in [-0.25, -0.2) is 0 Å². The maximum absolute atomic E-state index is 12.5. The highest BCUT2D eigenvalue weighted by Gasteiger charge is 2.20. The van der Waals surface area contributed by atoms with Gasteiger partial charge in [0.1, 0.15) is 0 Å². The average Bonchev–Trinajstić information content (AvgIpc) is 3.38. The van der Waals surface area contributed by atoms with Crippen molar-refractivity contribution in [1.29, 1.82) is 0 Å². The minimum Gasteiger partial charge on any atom is -0.466 e. The van der Waals surface area contributed by atoms with Gasteiger partial charge in [-0.2, -0.15) is 0 Å². The second-order valence-corrected chi connectivity index (χ2v) is 22.4. The number of allylic oxidation sites excluding steroid dienone is 4. The summed E-state index contributed by atoms with van der Waals surface area (Å²) in [5.74, 6) is -0.0327. The topological polar surface area (TPSA) is 95.9 Å². The van der Waals surface area contributed by atoms with Gasteiger partial charge in [0.2, 0.25) is 5.91 Å². The Morgan fingerprint density at radius 2 is 0.653 bits per heavy atom. The van der Waals surface area contributed by atoms with Crippen LogP contribution in [0.25, 0.3) is 0 Å². The zero-order valence-electron chi connectivity index (χ0n) is 48.7.